The van der Waals surface area contributed by atoms with Crippen LogP contribution in [0.1, 0.15) is 81.1 Å². The molecule has 1 rings (SSSR count). The molecular weight excluding hydrogens is 168 g/mol. The fraction of sp³-hybridized carbons (Fsp3) is 1.00. The topological polar surface area (TPSA) is 0 Å². The zero-order valence-electron chi connectivity index (χ0n) is 10.7. The molecule has 2 atom stereocenters. The summed E-state index contributed by atoms with van der Waals surface area (Å²) in [6, 6.07) is 0. The second kappa shape index (κ2) is 15.5. The second-order valence-corrected chi connectivity index (χ2v) is 3.55. The first-order valence-electron chi connectivity index (χ1n) is 6.33. The van der Waals surface area contributed by atoms with Crippen LogP contribution in [0.2, 0.25) is 0 Å². The molecule has 0 aliphatic heterocycles. The van der Waals surface area contributed by atoms with Crippen molar-refractivity contribution in [1.82, 2.24) is 0 Å². The van der Waals surface area contributed by atoms with Crippen molar-refractivity contribution < 1.29 is 0 Å². The van der Waals surface area contributed by atoms with Crippen LogP contribution in [0.5, 0.6) is 0 Å². The maximum Gasteiger partial charge on any atom is -0.0414 e. The molecular formula is C14H34. The summed E-state index contributed by atoms with van der Waals surface area (Å²) in [6.07, 6.45) is 7.37. The molecule has 90 valence electrons. The van der Waals surface area contributed by atoms with Gasteiger partial charge >= 0.3 is 0 Å². The predicted octanol–water partition coefficient (Wildman–Crippen LogP) is 5.91. The Bertz CT molecular complexity index is 76.1. The van der Waals surface area contributed by atoms with Crippen LogP contribution in [0.3, 0.4) is 0 Å². The van der Waals surface area contributed by atoms with Crippen LogP contribution >= 0.6 is 0 Å². The van der Waals surface area contributed by atoms with Crippen molar-refractivity contribution in [1.29, 1.82) is 0 Å². The smallest absolute Gasteiger partial charge is 0.0414 e. The molecule has 0 unspecified atom stereocenters. The fourth-order valence-corrected chi connectivity index (χ4v) is 1.93. The molecule has 14 heavy (non-hydrogen) atoms. The molecule has 1 aliphatic carbocycles. The third-order valence-electron chi connectivity index (χ3n) is 2.62. The van der Waals surface area contributed by atoms with Gasteiger partial charge in [0.25, 0.3) is 0 Å². The van der Waals surface area contributed by atoms with E-state index in [0.717, 1.165) is 11.8 Å². The van der Waals surface area contributed by atoms with Gasteiger partial charge in [-0.15, -0.1) is 0 Å². The molecule has 1 fully saturated rings. The monoisotopic (exact) mass is 202 g/mol. The van der Waals surface area contributed by atoms with Gasteiger partial charge in [0, 0.05) is 0 Å². The van der Waals surface area contributed by atoms with E-state index >= 15 is 0 Å². The lowest BCUT2D eigenvalue weighted by Gasteiger charge is -2.25. The van der Waals surface area contributed by atoms with Crippen LogP contribution in [0.4, 0.5) is 0 Å². The fourth-order valence-electron chi connectivity index (χ4n) is 1.93. The summed E-state index contributed by atoms with van der Waals surface area (Å²) in [4.78, 5) is 0. The van der Waals surface area contributed by atoms with Gasteiger partial charge in [-0.2, -0.15) is 0 Å². The van der Waals surface area contributed by atoms with Crippen molar-refractivity contribution in [2.45, 2.75) is 81.1 Å². The van der Waals surface area contributed by atoms with Gasteiger partial charge in [0.05, 0.1) is 0 Å². The van der Waals surface area contributed by atoms with Crippen LogP contribution in [0, 0.1) is 11.8 Å². The third-order valence-corrected chi connectivity index (χ3v) is 2.62. The Morgan fingerprint density at radius 1 is 1.00 bits per heavy atom. The highest BCUT2D eigenvalue weighted by Gasteiger charge is 2.16. The molecule has 1 saturated carbocycles. The highest BCUT2D eigenvalue weighted by Crippen LogP contribution is 2.29. The van der Waals surface area contributed by atoms with Gasteiger partial charge in [-0.05, 0) is 18.3 Å². The van der Waals surface area contributed by atoms with Crippen molar-refractivity contribution in [2.24, 2.45) is 11.8 Å². The molecule has 1 aliphatic rings. The highest BCUT2D eigenvalue weighted by molar-refractivity contribution is 4.68. The van der Waals surface area contributed by atoms with Crippen molar-refractivity contribution >= 4 is 0 Å². The Labute approximate surface area is 93.5 Å². The van der Waals surface area contributed by atoms with Crippen molar-refractivity contribution in [3.8, 4) is 0 Å². The first-order chi connectivity index (χ1) is 6.33. The molecule has 0 nitrogen and oxygen atoms in total. The third kappa shape index (κ3) is 10.1. The summed E-state index contributed by atoms with van der Waals surface area (Å²) in [7, 11) is 0. The Hall–Kier alpha value is 0. The van der Waals surface area contributed by atoms with Gasteiger partial charge < -0.3 is 0 Å². The largest absolute Gasteiger partial charge is 0.0776 e. The number of rotatable bonds is 1. The maximum absolute atomic E-state index is 2.39. The van der Waals surface area contributed by atoms with E-state index in [4.69, 9.17) is 0 Å². The molecule has 0 aromatic rings. The van der Waals surface area contributed by atoms with E-state index in [2.05, 4.69) is 13.8 Å². The normalized spacial score (nSPS) is 24.4. The molecule has 0 heterocycles. The lowest BCUT2D eigenvalue weighted by Crippen LogP contribution is -2.11. The SMILES string of the molecule is C.CC.CC.CC[C@H]1CCC[C@@H](C)C1. The lowest BCUT2D eigenvalue weighted by atomic mass is 9.81. The van der Waals surface area contributed by atoms with Crippen molar-refractivity contribution in [2.75, 3.05) is 0 Å². The number of hydrogen-bond acceptors (Lipinski definition) is 0. The van der Waals surface area contributed by atoms with Crippen LogP contribution in [0.15, 0.2) is 0 Å². The summed E-state index contributed by atoms with van der Waals surface area (Å²) in [6.45, 7) is 12.7. The van der Waals surface area contributed by atoms with Crippen LogP contribution in [-0.2, 0) is 0 Å². The lowest BCUT2D eigenvalue weighted by molar-refractivity contribution is 0.276. The minimum atomic E-state index is 0. The summed E-state index contributed by atoms with van der Waals surface area (Å²) in [5.41, 5.74) is 0. The molecule has 0 amide bonds. The maximum atomic E-state index is 2.39. The molecule has 0 spiro atoms. The van der Waals surface area contributed by atoms with Crippen LogP contribution in [0.25, 0.3) is 0 Å². The zero-order valence-corrected chi connectivity index (χ0v) is 10.7. The first kappa shape index (κ1) is 19.6. The Kier molecular flexibility index (Phi) is 21.6. The van der Waals surface area contributed by atoms with Crippen LogP contribution in [-0.4, -0.2) is 0 Å². The zero-order chi connectivity index (χ0) is 10.7. The van der Waals surface area contributed by atoms with E-state index in [-0.39, 0.29) is 7.43 Å². The summed E-state index contributed by atoms with van der Waals surface area (Å²) in [5.74, 6) is 2.08. The molecule has 0 N–H and O–H groups in total. The number of hydrogen-bond donors (Lipinski definition) is 0. The molecule has 0 aromatic carbocycles. The summed E-state index contributed by atoms with van der Waals surface area (Å²) < 4.78 is 0. The molecule has 0 saturated heterocycles. The standard InChI is InChI=1S/C9H18.2C2H6.CH4/c1-3-9-6-4-5-8(2)7-9;2*1-2;/h8-9H,3-7H2,1-2H3;2*1-2H3;1H4/t8-,9+;;;/m1.../s1. The van der Waals surface area contributed by atoms with E-state index in [9.17, 15) is 0 Å². The molecule has 0 heteroatoms. The van der Waals surface area contributed by atoms with Gasteiger partial charge in [0.15, 0.2) is 0 Å². The Balaban J connectivity index is -0.000000216. The molecule has 0 bridgehead atoms. The van der Waals surface area contributed by atoms with Crippen molar-refractivity contribution in [3.05, 3.63) is 0 Å². The minimum Gasteiger partial charge on any atom is -0.0776 e. The Morgan fingerprint density at radius 3 is 1.79 bits per heavy atom. The van der Waals surface area contributed by atoms with E-state index in [0.29, 0.717) is 0 Å². The van der Waals surface area contributed by atoms with Gasteiger partial charge in [-0.3, -0.25) is 0 Å². The van der Waals surface area contributed by atoms with Gasteiger partial charge in [-0.1, -0.05) is 74.7 Å². The molecule has 0 radical (unpaired) electrons. The first-order valence-corrected chi connectivity index (χ1v) is 6.33. The van der Waals surface area contributed by atoms with Gasteiger partial charge in [0.2, 0.25) is 0 Å². The van der Waals surface area contributed by atoms with Crippen LogP contribution < -0.4 is 0 Å². The van der Waals surface area contributed by atoms with Gasteiger partial charge in [-0.25, -0.2) is 0 Å². The highest BCUT2D eigenvalue weighted by atomic mass is 14.2. The van der Waals surface area contributed by atoms with E-state index < -0.39 is 0 Å². The van der Waals surface area contributed by atoms with Gasteiger partial charge in [0.1, 0.15) is 0 Å². The molecule has 0 aromatic heterocycles. The van der Waals surface area contributed by atoms with E-state index in [1.807, 2.05) is 27.7 Å². The second-order valence-electron chi connectivity index (χ2n) is 3.55. The van der Waals surface area contributed by atoms with E-state index in [1.54, 1.807) is 0 Å². The predicted molar refractivity (Wildman–Crippen MR) is 70.8 cm³/mol. The van der Waals surface area contributed by atoms with E-state index in [1.165, 1.54) is 32.1 Å². The summed E-state index contributed by atoms with van der Waals surface area (Å²) in [5, 5.41) is 0. The Morgan fingerprint density at radius 2 is 1.50 bits per heavy atom. The quantitative estimate of drug-likeness (QED) is 0.496. The average Bonchev–Trinajstić information content (AvgIpc) is 2.24. The van der Waals surface area contributed by atoms with Crippen molar-refractivity contribution in [3.63, 3.8) is 0 Å². The average molecular weight is 202 g/mol. The minimum absolute atomic E-state index is 0. The summed E-state index contributed by atoms with van der Waals surface area (Å²) >= 11 is 0.